The van der Waals surface area contributed by atoms with Crippen LogP contribution in [-0.2, 0) is 4.79 Å². The average molecular weight is 246 g/mol. The first-order valence-electron chi connectivity index (χ1n) is 6.28. The molecule has 4 nitrogen and oxygen atoms in total. The fourth-order valence-corrected chi connectivity index (χ4v) is 1.65. The Morgan fingerprint density at radius 3 is 2.39 bits per heavy atom. The lowest BCUT2D eigenvalue weighted by Crippen LogP contribution is -2.26. The van der Waals surface area contributed by atoms with Crippen molar-refractivity contribution in [1.82, 2.24) is 4.90 Å². The third kappa shape index (κ3) is 2.88. The Labute approximate surface area is 107 Å². The topological polar surface area (TPSA) is 49.4 Å². The van der Waals surface area contributed by atoms with E-state index in [4.69, 9.17) is 0 Å². The van der Waals surface area contributed by atoms with Crippen molar-refractivity contribution in [1.29, 1.82) is 0 Å². The van der Waals surface area contributed by atoms with Crippen molar-refractivity contribution in [3.05, 3.63) is 29.8 Å². The van der Waals surface area contributed by atoms with Gasteiger partial charge in [0.05, 0.1) is 0 Å². The predicted octanol–water partition coefficient (Wildman–Crippen LogP) is 2.13. The highest BCUT2D eigenvalue weighted by Gasteiger charge is 2.29. The number of hydrogen-bond acceptors (Lipinski definition) is 2. The third-order valence-corrected chi connectivity index (χ3v) is 3.17. The molecule has 0 saturated heterocycles. The first-order valence-corrected chi connectivity index (χ1v) is 6.28. The first-order chi connectivity index (χ1) is 8.61. The summed E-state index contributed by atoms with van der Waals surface area (Å²) in [5, 5.41) is 2.85. The van der Waals surface area contributed by atoms with Gasteiger partial charge in [-0.3, -0.25) is 9.59 Å². The van der Waals surface area contributed by atoms with Crippen LogP contribution < -0.4 is 5.32 Å². The van der Waals surface area contributed by atoms with Gasteiger partial charge < -0.3 is 10.2 Å². The van der Waals surface area contributed by atoms with Crippen LogP contribution >= 0.6 is 0 Å². The Kier molecular flexibility index (Phi) is 3.65. The third-order valence-electron chi connectivity index (χ3n) is 3.17. The maximum Gasteiger partial charge on any atom is 0.253 e. The van der Waals surface area contributed by atoms with E-state index >= 15 is 0 Å². The summed E-state index contributed by atoms with van der Waals surface area (Å²) in [6.45, 7) is 2.61. The van der Waals surface area contributed by atoms with Crippen molar-refractivity contribution in [3.63, 3.8) is 0 Å². The lowest BCUT2D eigenvalue weighted by molar-refractivity contribution is -0.117. The number of hydrogen-bond donors (Lipinski definition) is 1. The van der Waals surface area contributed by atoms with Crippen LogP contribution in [0.2, 0.25) is 0 Å². The summed E-state index contributed by atoms with van der Waals surface area (Å²) in [5.41, 5.74) is 1.39. The predicted molar refractivity (Wildman–Crippen MR) is 70.4 cm³/mol. The summed E-state index contributed by atoms with van der Waals surface area (Å²) in [6.07, 6.45) is 1.98. The van der Waals surface area contributed by atoms with Crippen molar-refractivity contribution in [3.8, 4) is 0 Å². The summed E-state index contributed by atoms with van der Waals surface area (Å²) >= 11 is 0. The number of amides is 2. The molecule has 96 valence electrons. The van der Waals surface area contributed by atoms with Crippen molar-refractivity contribution in [2.45, 2.75) is 19.8 Å². The quantitative estimate of drug-likeness (QED) is 0.884. The van der Waals surface area contributed by atoms with Gasteiger partial charge in [0.25, 0.3) is 5.91 Å². The van der Waals surface area contributed by atoms with Gasteiger partial charge in [-0.25, -0.2) is 0 Å². The normalized spacial score (nSPS) is 14.1. The molecule has 1 fully saturated rings. The molecule has 0 unspecified atom stereocenters. The Bertz CT molecular complexity index is 449. The monoisotopic (exact) mass is 246 g/mol. The molecule has 1 aromatic carbocycles. The number of rotatable bonds is 4. The van der Waals surface area contributed by atoms with E-state index in [0.29, 0.717) is 12.1 Å². The molecule has 18 heavy (non-hydrogen) atoms. The van der Waals surface area contributed by atoms with E-state index in [1.165, 1.54) is 0 Å². The highest BCUT2D eigenvalue weighted by Crippen LogP contribution is 2.30. The van der Waals surface area contributed by atoms with E-state index in [0.717, 1.165) is 18.5 Å². The minimum absolute atomic E-state index is 0.00225. The number of carbonyl (C=O) groups is 2. The van der Waals surface area contributed by atoms with Gasteiger partial charge >= 0.3 is 0 Å². The zero-order valence-corrected chi connectivity index (χ0v) is 10.8. The molecule has 0 radical (unpaired) electrons. The Balaban J connectivity index is 2.00. The summed E-state index contributed by atoms with van der Waals surface area (Å²) < 4.78 is 0. The van der Waals surface area contributed by atoms with Gasteiger partial charge in [-0.2, -0.15) is 0 Å². The molecule has 2 rings (SSSR count). The van der Waals surface area contributed by atoms with Gasteiger partial charge in [0.15, 0.2) is 0 Å². The zero-order valence-electron chi connectivity index (χ0n) is 10.8. The van der Waals surface area contributed by atoms with Crippen LogP contribution in [0.4, 0.5) is 5.69 Å². The smallest absolute Gasteiger partial charge is 0.253 e. The van der Waals surface area contributed by atoms with Crippen molar-refractivity contribution in [2.75, 3.05) is 18.9 Å². The fourth-order valence-electron chi connectivity index (χ4n) is 1.65. The van der Waals surface area contributed by atoms with Crippen molar-refractivity contribution < 1.29 is 9.59 Å². The molecule has 0 aromatic heterocycles. The van der Waals surface area contributed by atoms with Crippen LogP contribution in [0.25, 0.3) is 0 Å². The van der Waals surface area contributed by atoms with Crippen LogP contribution in [0.15, 0.2) is 24.3 Å². The molecule has 1 aliphatic rings. The highest BCUT2D eigenvalue weighted by atomic mass is 16.2. The van der Waals surface area contributed by atoms with E-state index in [9.17, 15) is 9.59 Å². The molecule has 1 N–H and O–H groups in total. The zero-order chi connectivity index (χ0) is 13.1. The molecular weight excluding hydrogens is 228 g/mol. The largest absolute Gasteiger partial charge is 0.342 e. The second kappa shape index (κ2) is 5.21. The van der Waals surface area contributed by atoms with E-state index < -0.39 is 0 Å². The molecule has 0 aliphatic heterocycles. The summed E-state index contributed by atoms with van der Waals surface area (Å²) in [4.78, 5) is 25.1. The van der Waals surface area contributed by atoms with Gasteiger partial charge in [0, 0.05) is 30.8 Å². The lowest BCUT2D eigenvalue weighted by atomic mass is 10.2. The molecule has 0 atom stereocenters. The average Bonchev–Trinajstić information content (AvgIpc) is 3.22. The summed E-state index contributed by atoms with van der Waals surface area (Å²) in [6, 6.07) is 7.04. The number of carbonyl (C=O) groups excluding carboxylic acids is 2. The summed E-state index contributed by atoms with van der Waals surface area (Å²) in [7, 11) is 1.77. The molecule has 4 heteroatoms. The van der Waals surface area contributed by atoms with Gasteiger partial charge in [0.1, 0.15) is 0 Å². The van der Waals surface area contributed by atoms with Crippen LogP contribution in [0.5, 0.6) is 0 Å². The second-order valence-corrected chi connectivity index (χ2v) is 4.66. The van der Waals surface area contributed by atoms with Gasteiger partial charge in [-0.15, -0.1) is 0 Å². The Hall–Kier alpha value is -1.84. The van der Waals surface area contributed by atoms with Crippen LogP contribution in [-0.4, -0.2) is 30.3 Å². The second-order valence-electron chi connectivity index (χ2n) is 4.66. The Morgan fingerprint density at radius 1 is 1.28 bits per heavy atom. The maximum atomic E-state index is 11.9. The molecule has 0 heterocycles. The van der Waals surface area contributed by atoms with Gasteiger partial charge in [-0.1, -0.05) is 0 Å². The van der Waals surface area contributed by atoms with E-state index in [-0.39, 0.29) is 17.7 Å². The molecule has 0 bridgehead atoms. The van der Waals surface area contributed by atoms with Gasteiger partial charge in [-0.05, 0) is 44.0 Å². The van der Waals surface area contributed by atoms with E-state index in [2.05, 4.69) is 5.32 Å². The van der Waals surface area contributed by atoms with Crippen LogP contribution in [0, 0.1) is 5.92 Å². The minimum Gasteiger partial charge on any atom is -0.342 e. The maximum absolute atomic E-state index is 11.9. The molecule has 0 spiro atoms. The molecule has 2 amide bonds. The number of benzene rings is 1. The highest BCUT2D eigenvalue weighted by molar-refractivity contribution is 5.96. The SMILES string of the molecule is CCN(C)C(=O)c1ccc(NC(=O)C2CC2)cc1. The lowest BCUT2D eigenvalue weighted by Gasteiger charge is -2.14. The van der Waals surface area contributed by atoms with Crippen LogP contribution in [0.1, 0.15) is 30.1 Å². The summed E-state index contributed by atoms with van der Waals surface area (Å²) in [5.74, 6) is 0.273. The first kappa shape index (κ1) is 12.6. The standard InChI is InChI=1S/C14H18N2O2/c1-3-16(2)14(18)11-6-8-12(9-7-11)15-13(17)10-4-5-10/h6-10H,3-5H2,1-2H3,(H,15,17). The van der Waals surface area contributed by atoms with Crippen LogP contribution in [0.3, 0.4) is 0 Å². The number of nitrogens with one attached hydrogen (secondary N) is 1. The van der Waals surface area contributed by atoms with Crippen molar-refractivity contribution in [2.24, 2.45) is 5.92 Å². The van der Waals surface area contributed by atoms with Crippen molar-refractivity contribution >= 4 is 17.5 Å². The fraction of sp³-hybridized carbons (Fsp3) is 0.429. The van der Waals surface area contributed by atoms with E-state index in [1.807, 2.05) is 6.92 Å². The number of anilines is 1. The Morgan fingerprint density at radius 2 is 1.89 bits per heavy atom. The minimum atomic E-state index is -0.00225. The molecule has 1 saturated carbocycles. The molecule has 1 aliphatic carbocycles. The van der Waals surface area contributed by atoms with Gasteiger partial charge in [0.2, 0.25) is 5.91 Å². The molecule has 1 aromatic rings. The number of nitrogens with zero attached hydrogens (tertiary/aromatic N) is 1. The van der Waals surface area contributed by atoms with E-state index in [1.54, 1.807) is 36.2 Å². The molecular formula is C14H18N2O2.